The second-order valence-corrected chi connectivity index (χ2v) is 12.3. The number of amides is 2. The summed E-state index contributed by atoms with van der Waals surface area (Å²) in [7, 11) is 1.85. The van der Waals surface area contributed by atoms with Crippen LogP contribution >= 0.6 is 0 Å². The first kappa shape index (κ1) is 32.8. The van der Waals surface area contributed by atoms with Gasteiger partial charge < -0.3 is 14.4 Å². The first-order valence-electron chi connectivity index (χ1n) is 14.0. The molecule has 218 valence electrons. The standard InChI is InChI=1S/C30H46BN5O4/c1-10-19(2)13-14-21-15-16-22(18-20(21)3)25(32)33-24(31)23-12-11-17-36(23)26(34-27(37)39-29(4,5)6)35-28(38)40-30(7,8)9/h13-16,18-19,23,32H,10-12,17,31H2,1-9H3,(H,34,35,37,38)/b14-13-,32-25?,33-24-. The number of aliphatic imine (C=N–C) groups is 2. The van der Waals surface area contributed by atoms with Crippen molar-refractivity contribution in [3.8, 4) is 0 Å². The largest absolute Gasteiger partial charge is 0.444 e. The lowest BCUT2D eigenvalue weighted by atomic mass is 9.91. The Morgan fingerprint density at radius 2 is 1.82 bits per heavy atom. The van der Waals surface area contributed by atoms with E-state index < -0.39 is 23.4 Å². The topological polar surface area (TPSA) is 116 Å². The molecule has 40 heavy (non-hydrogen) atoms. The van der Waals surface area contributed by atoms with Gasteiger partial charge in [-0.25, -0.2) is 14.6 Å². The van der Waals surface area contributed by atoms with Gasteiger partial charge in [0.1, 0.15) is 11.2 Å². The summed E-state index contributed by atoms with van der Waals surface area (Å²) in [5.41, 5.74) is 2.13. The maximum atomic E-state index is 12.6. The highest BCUT2D eigenvalue weighted by molar-refractivity contribution is 6.62. The number of aryl methyl sites for hydroxylation is 1. The van der Waals surface area contributed by atoms with E-state index in [2.05, 4.69) is 41.3 Å². The summed E-state index contributed by atoms with van der Waals surface area (Å²) < 4.78 is 10.8. The smallest absolute Gasteiger partial charge is 0.437 e. The van der Waals surface area contributed by atoms with Crippen LogP contribution in [0.4, 0.5) is 9.59 Å². The van der Waals surface area contributed by atoms with Gasteiger partial charge in [-0.15, -0.1) is 4.99 Å². The van der Waals surface area contributed by atoms with Crippen LogP contribution in [-0.4, -0.2) is 66.1 Å². The average Bonchev–Trinajstić information content (AvgIpc) is 3.30. The Morgan fingerprint density at radius 1 is 1.18 bits per heavy atom. The van der Waals surface area contributed by atoms with Gasteiger partial charge in [-0.05, 0) is 90.0 Å². The molecule has 0 saturated carbocycles. The van der Waals surface area contributed by atoms with Crippen LogP contribution in [0.15, 0.2) is 34.3 Å². The Balaban J connectivity index is 2.31. The van der Waals surface area contributed by atoms with Crippen molar-refractivity contribution < 1.29 is 19.1 Å². The predicted octanol–water partition coefficient (Wildman–Crippen LogP) is 5.69. The van der Waals surface area contributed by atoms with Crippen LogP contribution in [-0.2, 0) is 9.47 Å². The molecule has 1 heterocycles. The van der Waals surface area contributed by atoms with Crippen LogP contribution in [0.3, 0.4) is 0 Å². The molecular weight excluding hydrogens is 505 g/mol. The number of carbonyl (C=O) groups excluding carboxylic acids is 2. The first-order chi connectivity index (χ1) is 18.5. The highest BCUT2D eigenvalue weighted by Crippen LogP contribution is 2.21. The minimum atomic E-state index is -0.815. The highest BCUT2D eigenvalue weighted by Gasteiger charge is 2.32. The third-order valence-electron chi connectivity index (χ3n) is 6.29. The van der Waals surface area contributed by atoms with Gasteiger partial charge in [0.15, 0.2) is 13.7 Å². The molecule has 1 fully saturated rings. The van der Waals surface area contributed by atoms with E-state index in [0.717, 1.165) is 36.0 Å². The van der Waals surface area contributed by atoms with Gasteiger partial charge in [-0.3, -0.25) is 10.7 Å². The summed E-state index contributed by atoms with van der Waals surface area (Å²) in [6.07, 6.45) is 5.40. The van der Waals surface area contributed by atoms with Crippen LogP contribution in [0, 0.1) is 18.3 Å². The Labute approximate surface area is 240 Å². The van der Waals surface area contributed by atoms with E-state index in [1.165, 1.54) is 0 Å². The zero-order chi connectivity index (χ0) is 30.3. The second-order valence-electron chi connectivity index (χ2n) is 12.3. The van der Waals surface area contributed by atoms with Crippen molar-refractivity contribution in [2.24, 2.45) is 15.9 Å². The number of alkyl carbamates (subject to hydrolysis) is 1. The summed E-state index contributed by atoms with van der Waals surface area (Å²) in [6, 6.07) is 5.63. The molecule has 1 aromatic carbocycles. The molecule has 0 radical (unpaired) electrons. The maximum absolute atomic E-state index is 12.6. The molecule has 10 heteroatoms. The second kappa shape index (κ2) is 13.8. The average molecular weight is 552 g/mol. The van der Waals surface area contributed by atoms with E-state index in [-0.39, 0.29) is 17.8 Å². The number of nitrogens with zero attached hydrogens (tertiary/aromatic N) is 3. The molecule has 1 aliphatic heterocycles. The predicted molar refractivity (Wildman–Crippen MR) is 165 cm³/mol. The highest BCUT2D eigenvalue weighted by atomic mass is 16.6. The third kappa shape index (κ3) is 10.6. The van der Waals surface area contributed by atoms with E-state index >= 15 is 0 Å². The van der Waals surface area contributed by atoms with Crippen molar-refractivity contribution in [3.05, 3.63) is 41.0 Å². The van der Waals surface area contributed by atoms with E-state index in [0.29, 0.717) is 18.1 Å². The van der Waals surface area contributed by atoms with E-state index in [1.807, 2.05) is 37.9 Å². The van der Waals surface area contributed by atoms with E-state index in [9.17, 15) is 9.59 Å². The molecule has 2 rings (SSSR count). The normalized spacial score (nSPS) is 17.6. The molecule has 1 saturated heterocycles. The molecule has 0 aromatic heterocycles. The van der Waals surface area contributed by atoms with Crippen molar-refractivity contribution in [2.75, 3.05) is 6.54 Å². The van der Waals surface area contributed by atoms with E-state index in [1.54, 1.807) is 41.5 Å². The molecule has 1 aromatic rings. The summed E-state index contributed by atoms with van der Waals surface area (Å²) in [4.78, 5) is 35.8. The molecule has 9 nitrogen and oxygen atoms in total. The number of carbonyl (C=O) groups is 2. The molecule has 0 aliphatic carbocycles. The van der Waals surface area contributed by atoms with Crippen molar-refractivity contribution in [2.45, 2.75) is 98.8 Å². The number of allylic oxidation sites excluding steroid dienone is 1. The fourth-order valence-corrected chi connectivity index (χ4v) is 4.11. The molecule has 0 bridgehead atoms. The number of benzene rings is 1. The number of amidine groups is 1. The fraction of sp³-hybridized carbons (Fsp3) is 0.567. The molecule has 2 unspecified atom stereocenters. The SMILES string of the molecule is B/C(=N\C(=N)c1ccc(/C=C\C(C)CC)c(C)c1)C1CCCN1C(=NC(=O)OC(C)(C)C)NC(=O)OC(C)(C)C. The summed E-state index contributed by atoms with van der Waals surface area (Å²) in [5, 5.41) is 11.3. The Hall–Kier alpha value is -3.43. The van der Waals surface area contributed by atoms with E-state index in [4.69, 9.17) is 14.9 Å². The van der Waals surface area contributed by atoms with Gasteiger partial charge in [-0.1, -0.05) is 44.6 Å². The number of likely N-dealkylation sites (tertiary alicyclic amines) is 1. The number of rotatable bonds is 5. The van der Waals surface area contributed by atoms with Gasteiger partial charge >= 0.3 is 12.2 Å². The lowest BCUT2D eigenvalue weighted by Gasteiger charge is -2.29. The van der Waals surface area contributed by atoms with Gasteiger partial charge in [0, 0.05) is 12.1 Å². The van der Waals surface area contributed by atoms with Gasteiger partial charge in [0.05, 0.1) is 6.04 Å². The number of ether oxygens (including phenoxy) is 2. The van der Waals surface area contributed by atoms with Crippen LogP contribution in [0.1, 0.15) is 91.3 Å². The van der Waals surface area contributed by atoms with Crippen LogP contribution < -0.4 is 5.32 Å². The third-order valence-corrected chi connectivity index (χ3v) is 6.29. The van der Waals surface area contributed by atoms with Crippen molar-refractivity contribution in [3.63, 3.8) is 0 Å². The monoisotopic (exact) mass is 551 g/mol. The molecule has 2 atom stereocenters. The Kier molecular flexibility index (Phi) is 11.3. The van der Waals surface area contributed by atoms with Gasteiger partial charge in [0.2, 0.25) is 5.96 Å². The molecular formula is C30H46BN5O4. The number of hydrogen-bond acceptors (Lipinski definition) is 5. The van der Waals surface area contributed by atoms with Crippen molar-refractivity contribution in [1.82, 2.24) is 10.2 Å². The molecule has 2 amide bonds. The first-order valence-corrected chi connectivity index (χ1v) is 14.0. The quantitative estimate of drug-likeness (QED) is 0.277. The molecule has 0 spiro atoms. The maximum Gasteiger partial charge on any atom is 0.437 e. The van der Waals surface area contributed by atoms with Crippen LogP contribution in [0.5, 0.6) is 0 Å². The van der Waals surface area contributed by atoms with Gasteiger partial charge in [-0.2, -0.15) is 0 Å². The van der Waals surface area contributed by atoms with Crippen molar-refractivity contribution >= 4 is 43.5 Å². The fourth-order valence-electron chi connectivity index (χ4n) is 4.11. The zero-order valence-corrected chi connectivity index (χ0v) is 25.8. The van der Waals surface area contributed by atoms with Crippen molar-refractivity contribution in [1.29, 1.82) is 5.41 Å². The Bertz CT molecular complexity index is 1180. The molecule has 1 aliphatic rings. The number of hydrogen-bond donors (Lipinski definition) is 2. The summed E-state index contributed by atoms with van der Waals surface area (Å²) >= 11 is 0. The Morgan fingerprint density at radius 3 is 2.40 bits per heavy atom. The summed E-state index contributed by atoms with van der Waals surface area (Å²) in [5.74, 6) is 0.698. The lowest BCUT2D eigenvalue weighted by Crippen LogP contribution is -2.50. The van der Waals surface area contributed by atoms with Crippen LogP contribution in [0.25, 0.3) is 6.08 Å². The zero-order valence-electron chi connectivity index (χ0n) is 25.8. The van der Waals surface area contributed by atoms with Gasteiger partial charge in [0.25, 0.3) is 0 Å². The summed E-state index contributed by atoms with van der Waals surface area (Å²) in [6.45, 7) is 17.4. The number of nitrogens with one attached hydrogen (secondary N) is 2. The minimum absolute atomic E-state index is 0.0420. The molecule has 2 N–H and O–H groups in total. The van der Waals surface area contributed by atoms with Crippen LogP contribution in [0.2, 0.25) is 0 Å². The minimum Gasteiger partial charge on any atom is -0.444 e. The number of guanidine groups is 1. The lowest BCUT2D eigenvalue weighted by molar-refractivity contribution is 0.0555.